The van der Waals surface area contributed by atoms with E-state index < -0.39 is 0 Å². The van der Waals surface area contributed by atoms with Gasteiger partial charge in [-0.2, -0.15) is 0 Å². The minimum atomic E-state index is -0.0950. The van der Waals surface area contributed by atoms with E-state index >= 15 is 0 Å². The zero-order valence-corrected chi connectivity index (χ0v) is 13.8. The zero-order valence-electron chi connectivity index (χ0n) is 13.8. The minimum Gasteiger partial charge on any atom is -0.497 e. The molecule has 0 fully saturated rings. The maximum Gasteiger partial charge on any atom is 0.231 e. The standard InChI is InChI=1S/C19H18O5/c1-12(8-13-4-6-15(21-2)7-5-13)18(20)14-9-16(22-3)19-17(10-14)23-11-24-19/h4-10H,11H2,1-3H3/b12-8+. The molecule has 0 saturated carbocycles. The van der Waals surface area contributed by atoms with Crippen LogP contribution in [-0.2, 0) is 0 Å². The molecule has 0 radical (unpaired) electrons. The van der Waals surface area contributed by atoms with Gasteiger partial charge in [0.1, 0.15) is 5.75 Å². The van der Waals surface area contributed by atoms with Gasteiger partial charge in [0.2, 0.25) is 12.5 Å². The van der Waals surface area contributed by atoms with Gasteiger partial charge in [-0.1, -0.05) is 12.1 Å². The molecule has 2 aromatic rings. The number of Topliss-reactive ketones (excluding diaryl/α,β-unsaturated/α-hetero) is 1. The average molecular weight is 326 g/mol. The van der Waals surface area contributed by atoms with E-state index in [-0.39, 0.29) is 12.6 Å². The Balaban J connectivity index is 1.89. The maximum atomic E-state index is 12.7. The molecule has 0 N–H and O–H groups in total. The van der Waals surface area contributed by atoms with Gasteiger partial charge in [0.05, 0.1) is 14.2 Å². The van der Waals surface area contributed by atoms with Crippen LogP contribution in [-0.4, -0.2) is 26.8 Å². The van der Waals surface area contributed by atoms with Crippen LogP contribution in [0.5, 0.6) is 23.0 Å². The van der Waals surface area contributed by atoms with Crippen molar-refractivity contribution in [2.75, 3.05) is 21.0 Å². The van der Waals surface area contributed by atoms with E-state index in [1.54, 1.807) is 26.2 Å². The molecule has 3 rings (SSSR count). The SMILES string of the molecule is COc1ccc(/C=C(\C)C(=O)c2cc(OC)c3c(c2)OCO3)cc1. The summed E-state index contributed by atoms with van der Waals surface area (Å²) in [5.74, 6) is 2.23. The van der Waals surface area contributed by atoms with Crippen molar-refractivity contribution in [3.05, 3.63) is 53.1 Å². The Labute approximate surface area is 140 Å². The Morgan fingerprint density at radius 3 is 2.50 bits per heavy atom. The molecule has 0 atom stereocenters. The smallest absolute Gasteiger partial charge is 0.231 e. The van der Waals surface area contributed by atoms with E-state index in [0.29, 0.717) is 28.4 Å². The van der Waals surface area contributed by atoms with Crippen LogP contribution in [0.15, 0.2) is 42.0 Å². The van der Waals surface area contributed by atoms with Crippen molar-refractivity contribution in [3.8, 4) is 23.0 Å². The zero-order chi connectivity index (χ0) is 17.1. The molecule has 0 spiro atoms. The number of hydrogen-bond acceptors (Lipinski definition) is 5. The van der Waals surface area contributed by atoms with E-state index in [9.17, 15) is 4.79 Å². The fourth-order valence-corrected chi connectivity index (χ4v) is 2.50. The molecule has 0 aromatic heterocycles. The first-order valence-electron chi connectivity index (χ1n) is 7.47. The second-order valence-electron chi connectivity index (χ2n) is 5.34. The molecule has 5 heteroatoms. The van der Waals surface area contributed by atoms with E-state index in [0.717, 1.165) is 11.3 Å². The summed E-state index contributed by atoms with van der Waals surface area (Å²) in [7, 11) is 3.15. The van der Waals surface area contributed by atoms with Gasteiger partial charge in [-0.15, -0.1) is 0 Å². The van der Waals surface area contributed by atoms with Crippen LogP contribution in [0, 0.1) is 0 Å². The predicted molar refractivity (Wildman–Crippen MR) is 90.1 cm³/mol. The lowest BCUT2D eigenvalue weighted by molar-refractivity contribution is 0.103. The number of hydrogen-bond donors (Lipinski definition) is 0. The van der Waals surface area contributed by atoms with Gasteiger partial charge in [-0.3, -0.25) is 4.79 Å². The molecule has 5 nitrogen and oxygen atoms in total. The first kappa shape index (κ1) is 15.9. The Hall–Kier alpha value is -2.95. The number of allylic oxidation sites excluding steroid dienone is 1. The van der Waals surface area contributed by atoms with Gasteiger partial charge < -0.3 is 18.9 Å². The number of carbonyl (C=O) groups excluding carboxylic acids is 1. The number of fused-ring (bicyclic) bond motifs is 1. The number of methoxy groups -OCH3 is 2. The van der Waals surface area contributed by atoms with E-state index in [1.165, 1.54) is 7.11 Å². The van der Waals surface area contributed by atoms with Crippen LogP contribution in [0.3, 0.4) is 0 Å². The fourth-order valence-electron chi connectivity index (χ4n) is 2.50. The van der Waals surface area contributed by atoms with Crippen molar-refractivity contribution in [1.82, 2.24) is 0 Å². The molecule has 1 aliphatic rings. The van der Waals surface area contributed by atoms with Crippen molar-refractivity contribution >= 4 is 11.9 Å². The second kappa shape index (κ2) is 6.66. The van der Waals surface area contributed by atoms with Gasteiger partial charge in [0.15, 0.2) is 17.3 Å². The highest BCUT2D eigenvalue weighted by Crippen LogP contribution is 2.42. The number of rotatable bonds is 5. The van der Waals surface area contributed by atoms with Gasteiger partial charge in [0, 0.05) is 5.56 Å². The van der Waals surface area contributed by atoms with E-state index in [1.807, 2.05) is 30.3 Å². The highest BCUT2D eigenvalue weighted by atomic mass is 16.7. The third-order valence-electron chi connectivity index (χ3n) is 3.78. The molecule has 1 aliphatic heterocycles. The van der Waals surface area contributed by atoms with Crippen molar-refractivity contribution in [2.45, 2.75) is 6.92 Å². The van der Waals surface area contributed by atoms with Crippen LogP contribution < -0.4 is 18.9 Å². The number of ether oxygens (including phenoxy) is 4. The van der Waals surface area contributed by atoms with Crippen molar-refractivity contribution in [1.29, 1.82) is 0 Å². The summed E-state index contributed by atoms with van der Waals surface area (Å²) < 4.78 is 21.1. The van der Waals surface area contributed by atoms with Crippen LogP contribution in [0.2, 0.25) is 0 Å². The third kappa shape index (κ3) is 3.06. The Morgan fingerprint density at radius 2 is 1.83 bits per heavy atom. The number of benzene rings is 2. The first-order chi connectivity index (χ1) is 11.6. The van der Waals surface area contributed by atoms with E-state index in [2.05, 4.69) is 0 Å². The highest BCUT2D eigenvalue weighted by Gasteiger charge is 2.22. The van der Waals surface area contributed by atoms with Crippen LogP contribution in [0.1, 0.15) is 22.8 Å². The molecule has 0 bridgehead atoms. The van der Waals surface area contributed by atoms with Gasteiger partial charge in [-0.25, -0.2) is 0 Å². The van der Waals surface area contributed by atoms with Crippen molar-refractivity contribution < 1.29 is 23.7 Å². The summed E-state index contributed by atoms with van der Waals surface area (Å²) in [5.41, 5.74) is 2.04. The summed E-state index contributed by atoms with van der Waals surface area (Å²) >= 11 is 0. The summed E-state index contributed by atoms with van der Waals surface area (Å²) in [4.78, 5) is 12.7. The molecule has 124 valence electrons. The van der Waals surface area contributed by atoms with Crippen LogP contribution in [0.4, 0.5) is 0 Å². The third-order valence-corrected chi connectivity index (χ3v) is 3.78. The molecule has 24 heavy (non-hydrogen) atoms. The quantitative estimate of drug-likeness (QED) is 0.619. The van der Waals surface area contributed by atoms with Gasteiger partial charge in [0.25, 0.3) is 0 Å². The molecule has 0 unspecified atom stereocenters. The first-order valence-corrected chi connectivity index (χ1v) is 7.47. The molecular weight excluding hydrogens is 308 g/mol. The molecule has 0 saturated heterocycles. The summed E-state index contributed by atoms with van der Waals surface area (Å²) in [6.45, 7) is 1.91. The fraction of sp³-hybridized carbons (Fsp3) is 0.211. The Kier molecular flexibility index (Phi) is 4.42. The van der Waals surface area contributed by atoms with Crippen molar-refractivity contribution in [2.24, 2.45) is 0 Å². The monoisotopic (exact) mass is 326 g/mol. The molecule has 1 heterocycles. The van der Waals surface area contributed by atoms with Crippen molar-refractivity contribution in [3.63, 3.8) is 0 Å². The molecule has 0 amide bonds. The number of carbonyl (C=O) groups is 1. The lowest BCUT2D eigenvalue weighted by Crippen LogP contribution is -2.01. The maximum absolute atomic E-state index is 12.7. The Morgan fingerprint density at radius 1 is 1.08 bits per heavy atom. The minimum absolute atomic E-state index is 0.0950. The van der Waals surface area contributed by atoms with Crippen LogP contribution in [0.25, 0.3) is 6.08 Å². The summed E-state index contributed by atoms with van der Waals surface area (Å²) in [6, 6.07) is 10.9. The normalized spacial score (nSPS) is 12.9. The lowest BCUT2D eigenvalue weighted by atomic mass is 10.0. The average Bonchev–Trinajstić information content (AvgIpc) is 3.09. The Bertz CT molecular complexity index is 790. The molecule has 2 aromatic carbocycles. The topological polar surface area (TPSA) is 54.0 Å². The van der Waals surface area contributed by atoms with E-state index in [4.69, 9.17) is 18.9 Å². The van der Waals surface area contributed by atoms with Gasteiger partial charge >= 0.3 is 0 Å². The van der Waals surface area contributed by atoms with Crippen LogP contribution >= 0.6 is 0 Å². The summed E-state index contributed by atoms with van der Waals surface area (Å²) in [6.07, 6.45) is 1.83. The van der Waals surface area contributed by atoms with Gasteiger partial charge in [-0.05, 0) is 48.4 Å². The number of ketones is 1. The lowest BCUT2D eigenvalue weighted by Gasteiger charge is -2.08. The summed E-state index contributed by atoms with van der Waals surface area (Å²) in [5, 5.41) is 0. The molecule has 0 aliphatic carbocycles. The molecular formula is C19H18O5. The largest absolute Gasteiger partial charge is 0.497 e. The second-order valence-corrected chi connectivity index (χ2v) is 5.34. The predicted octanol–water partition coefficient (Wildman–Crippen LogP) is 3.72. The highest BCUT2D eigenvalue weighted by molar-refractivity contribution is 6.11.